The van der Waals surface area contributed by atoms with E-state index >= 15 is 0 Å². The Balaban J connectivity index is 3.23. The minimum atomic E-state index is -2.60. The summed E-state index contributed by atoms with van der Waals surface area (Å²) < 4.78 is 29.5. The van der Waals surface area contributed by atoms with Crippen LogP contribution in [0.25, 0.3) is 0 Å². The third-order valence-corrected chi connectivity index (χ3v) is 3.59. The summed E-state index contributed by atoms with van der Waals surface area (Å²) in [6, 6.07) is 0. The van der Waals surface area contributed by atoms with Gasteiger partial charge in [0.05, 0.1) is 18.8 Å². The zero-order valence-corrected chi connectivity index (χ0v) is 12.7. The molecule has 1 amide bonds. The Labute approximate surface area is 124 Å². The van der Waals surface area contributed by atoms with Crippen molar-refractivity contribution < 1.29 is 23.1 Å². The number of amides is 1. The van der Waals surface area contributed by atoms with Gasteiger partial charge in [-0.2, -0.15) is 0 Å². The minimum absolute atomic E-state index is 0.0612. The lowest BCUT2D eigenvalue weighted by Crippen LogP contribution is -2.21. The largest absolute Gasteiger partial charge is 0.462 e. The molecule has 0 fully saturated rings. The number of carbonyl (C=O) groups excluding carboxylic acids is 2. The first kappa shape index (κ1) is 17.2. The lowest BCUT2D eigenvalue weighted by molar-refractivity contribution is 0.0529. The second-order valence-corrected chi connectivity index (χ2v) is 5.26. The molecular weight excluding hydrogens is 304 g/mol. The molecule has 0 aliphatic heterocycles. The van der Waals surface area contributed by atoms with Crippen molar-refractivity contribution in [1.29, 1.82) is 0 Å². The van der Waals surface area contributed by atoms with E-state index in [1.165, 1.54) is 19.0 Å². The van der Waals surface area contributed by atoms with Crippen molar-refractivity contribution in [3.05, 3.63) is 10.4 Å². The molecule has 1 heterocycles. The average Bonchev–Trinajstić information content (AvgIpc) is 2.72. The number of thiophene rings is 1. The van der Waals surface area contributed by atoms with Crippen molar-refractivity contribution in [3.63, 3.8) is 0 Å². The Morgan fingerprint density at radius 2 is 2.05 bits per heavy atom. The molecular formula is C12H17F2N3O3S. The molecule has 1 aromatic rings. The van der Waals surface area contributed by atoms with E-state index in [1.807, 2.05) is 0 Å². The van der Waals surface area contributed by atoms with Gasteiger partial charge in [-0.3, -0.25) is 4.79 Å². The maximum atomic E-state index is 12.3. The smallest absolute Gasteiger partial charge is 0.343 e. The number of halogens is 2. The van der Waals surface area contributed by atoms with E-state index < -0.39 is 24.8 Å². The van der Waals surface area contributed by atoms with Crippen molar-refractivity contribution in [2.45, 2.75) is 13.3 Å². The quantitative estimate of drug-likeness (QED) is 0.782. The van der Waals surface area contributed by atoms with Gasteiger partial charge in [0.25, 0.3) is 12.3 Å². The zero-order valence-electron chi connectivity index (χ0n) is 11.9. The molecule has 1 rings (SSSR count). The van der Waals surface area contributed by atoms with Gasteiger partial charge in [-0.1, -0.05) is 0 Å². The van der Waals surface area contributed by atoms with Gasteiger partial charge in [0.15, 0.2) is 0 Å². The highest BCUT2D eigenvalue weighted by Gasteiger charge is 2.27. The number of anilines is 2. The summed E-state index contributed by atoms with van der Waals surface area (Å²) in [5, 5.41) is 2.53. The third-order valence-electron chi connectivity index (χ3n) is 2.44. The first-order valence-electron chi connectivity index (χ1n) is 6.12. The molecule has 6 nitrogen and oxygen atoms in total. The monoisotopic (exact) mass is 321 g/mol. The van der Waals surface area contributed by atoms with Gasteiger partial charge in [-0.25, -0.2) is 13.6 Å². The molecule has 0 aliphatic carbocycles. The minimum Gasteiger partial charge on any atom is -0.462 e. The molecule has 0 aliphatic rings. The van der Waals surface area contributed by atoms with Crippen LogP contribution in [-0.2, 0) is 4.74 Å². The molecule has 0 atom stereocenters. The number of ether oxygens (including phenoxy) is 1. The second-order valence-electron chi connectivity index (χ2n) is 4.24. The van der Waals surface area contributed by atoms with Gasteiger partial charge in [-0.15, -0.1) is 11.3 Å². The molecule has 0 aromatic carbocycles. The van der Waals surface area contributed by atoms with E-state index in [0.717, 1.165) is 11.3 Å². The Morgan fingerprint density at radius 3 is 2.52 bits per heavy atom. The number of alkyl halides is 2. The van der Waals surface area contributed by atoms with Crippen molar-refractivity contribution in [2.75, 3.05) is 38.3 Å². The summed E-state index contributed by atoms with van der Waals surface area (Å²) in [5.74, 6) is -1.16. The second kappa shape index (κ2) is 7.21. The summed E-state index contributed by atoms with van der Waals surface area (Å²) in [6.45, 7) is 1.07. The van der Waals surface area contributed by atoms with Crippen molar-refractivity contribution in [1.82, 2.24) is 4.90 Å². The Hall–Kier alpha value is -1.90. The van der Waals surface area contributed by atoms with E-state index in [4.69, 9.17) is 10.5 Å². The molecule has 118 valence electrons. The number of nitrogen functional groups attached to an aromatic ring is 1. The molecule has 0 spiro atoms. The van der Waals surface area contributed by atoms with Gasteiger partial charge in [0.2, 0.25) is 0 Å². The first-order valence-corrected chi connectivity index (χ1v) is 6.94. The maximum Gasteiger partial charge on any atom is 0.343 e. The standard InChI is InChI=1S/C12H17F2N3O3S/c1-4-20-12(19)7-8(15)9(11(18)17(2)3)21-10(7)16-5-6(13)14/h6,16H,4-5,15H2,1-3H3. The zero-order chi connectivity index (χ0) is 16.2. The average molecular weight is 321 g/mol. The number of nitrogens with two attached hydrogens (primary N) is 1. The Bertz CT molecular complexity index is 532. The van der Waals surface area contributed by atoms with Gasteiger partial charge in [-0.05, 0) is 6.92 Å². The van der Waals surface area contributed by atoms with Crippen LogP contribution < -0.4 is 11.1 Å². The van der Waals surface area contributed by atoms with Gasteiger partial charge in [0.1, 0.15) is 15.4 Å². The van der Waals surface area contributed by atoms with Crippen LogP contribution in [0.5, 0.6) is 0 Å². The number of hydrogen-bond donors (Lipinski definition) is 2. The fourth-order valence-corrected chi connectivity index (χ4v) is 2.64. The lowest BCUT2D eigenvalue weighted by Gasteiger charge is -2.09. The van der Waals surface area contributed by atoms with Crippen molar-refractivity contribution >= 4 is 33.9 Å². The van der Waals surface area contributed by atoms with E-state index in [9.17, 15) is 18.4 Å². The van der Waals surface area contributed by atoms with Crippen LogP contribution in [0.1, 0.15) is 27.0 Å². The summed E-state index contributed by atoms with van der Waals surface area (Å²) >= 11 is 0.857. The molecule has 0 unspecified atom stereocenters. The van der Waals surface area contributed by atoms with Crippen LogP contribution in [0, 0.1) is 0 Å². The Morgan fingerprint density at radius 1 is 1.43 bits per heavy atom. The summed E-state index contributed by atoms with van der Waals surface area (Å²) in [5.41, 5.74) is 5.68. The highest BCUT2D eigenvalue weighted by molar-refractivity contribution is 7.19. The molecule has 21 heavy (non-hydrogen) atoms. The highest BCUT2D eigenvalue weighted by atomic mass is 32.1. The van der Waals surface area contributed by atoms with Gasteiger partial charge in [0, 0.05) is 14.1 Å². The van der Waals surface area contributed by atoms with E-state index in [-0.39, 0.29) is 27.7 Å². The fourth-order valence-electron chi connectivity index (χ4n) is 1.51. The third kappa shape index (κ3) is 4.03. The molecule has 0 saturated heterocycles. The van der Waals surface area contributed by atoms with Gasteiger partial charge >= 0.3 is 5.97 Å². The van der Waals surface area contributed by atoms with E-state index in [2.05, 4.69) is 5.32 Å². The number of carbonyl (C=O) groups is 2. The van der Waals surface area contributed by atoms with Crippen molar-refractivity contribution in [3.8, 4) is 0 Å². The normalized spacial score (nSPS) is 10.6. The fraction of sp³-hybridized carbons (Fsp3) is 0.500. The molecule has 0 saturated carbocycles. The molecule has 0 radical (unpaired) electrons. The summed E-state index contributed by atoms with van der Waals surface area (Å²) in [7, 11) is 3.05. The maximum absolute atomic E-state index is 12.3. The number of nitrogens with one attached hydrogen (secondary N) is 1. The van der Waals surface area contributed by atoms with Crippen LogP contribution in [0.3, 0.4) is 0 Å². The van der Waals surface area contributed by atoms with Crippen LogP contribution in [0.2, 0.25) is 0 Å². The van der Waals surface area contributed by atoms with Crippen LogP contribution in [0.4, 0.5) is 19.5 Å². The number of nitrogens with zero attached hydrogens (tertiary/aromatic N) is 1. The summed E-state index contributed by atoms with van der Waals surface area (Å²) in [4.78, 5) is 25.3. The number of esters is 1. The van der Waals surface area contributed by atoms with E-state index in [0.29, 0.717) is 0 Å². The Kier molecular flexibility index (Phi) is 5.89. The van der Waals surface area contributed by atoms with Crippen LogP contribution in [-0.4, -0.2) is 50.4 Å². The van der Waals surface area contributed by atoms with Crippen LogP contribution >= 0.6 is 11.3 Å². The molecule has 9 heteroatoms. The number of hydrogen-bond acceptors (Lipinski definition) is 6. The lowest BCUT2D eigenvalue weighted by atomic mass is 10.2. The predicted octanol–water partition coefficient (Wildman–Crippen LogP) is 1.89. The molecule has 0 bridgehead atoms. The van der Waals surface area contributed by atoms with Gasteiger partial charge < -0.3 is 20.7 Å². The van der Waals surface area contributed by atoms with Crippen molar-refractivity contribution in [2.24, 2.45) is 0 Å². The van der Waals surface area contributed by atoms with E-state index in [1.54, 1.807) is 6.92 Å². The molecule has 1 aromatic heterocycles. The SMILES string of the molecule is CCOC(=O)c1c(NCC(F)F)sc(C(=O)N(C)C)c1N. The highest BCUT2D eigenvalue weighted by Crippen LogP contribution is 2.37. The summed E-state index contributed by atoms with van der Waals surface area (Å²) in [6.07, 6.45) is -2.60. The molecule has 3 N–H and O–H groups in total. The van der Waals surface area contributed by atoms with Crippen LogP contribution in [0.15, 0.2) is 0 Å². The topological polar surface area (TPSA) is 84.7 Å². The number of rotatable bonds is 6. The first-order chi connectivity index (χ1) is 9.79. The predicted molar refractivity (Wildman–Crippen MR) is 77.2 cm³/mol.